The van der Waals surface area contributed by atoms with Gasteiger partial charge in [-0.1, -0.05) is 28.4 Å². The molecule has 142 valence electrons. The number of pyridine rings is 1. The zero-order chi connectivity index (χ0) is 18.5. The lowest BCUT2D eigenvalue weighted by Gasteiger charge is -2.26. The van der Waals surface area contributed by atoms with Gasteiger partial charge < -0.3 is 9.26 Å². The summed E-state index contributed by atoms with van der Waals surface area (Å²) < 4.78 is 11.9. The minimum atomic E-state index is 0.110. The molecule has 2 bridgehead atoms. The number of carbonyl (C=O) groups is 1. The summed E-state index contributed by atoms with van der Waals surface area (Å²) in [6.07, 6.45) is 9.10. The highest BCUT2D eigenvalue weighted by atomic mass is 35.5. The van der Waals surface area contributed by atoms with Gasteiger partial charge in [-0.05, 0) is 38.5 Å². The Morgan fingerprint density at radius 2 is 1.67 bits per heavy atom. The molecule has 3 fully saturated rings. The van der Waals surface area contributed by atoms with Gasteiger partial charge in [0.05, 0.1) is 22.8 Å². The predicted molar refractivity (Wildman–Crippen MR) is 101 cm³/mol. The van der Waals surface area contributed by atoms with Gasteiger partial charge in [-0.15, -0.1) is 0 Å². The molecule has 27 heavy (non-hydrogen) atoms. The van der Waals surface area contributed by atoms with Crippen molar-refractivity contribution in [1.82, 2.24) is 10.1 Å². The highest BCUT2D eigenvalue weighted by molar-refractivity contribution is 6.38. The van der Waals surface area contributed by atoms with Gasteiger partial charge in [0.1, 0.15) is 17.2 Å². The first-order valence-corrected chi connectivity index (χ1v) is 10.3. The van der Waals surface area contributed by atoms with Crippen LogP contribution in [0.25, 0.3) is 11.3 Å². The van der Waals surface area contributed by atoms with E-state index in [1.54, 1.807) is 12.4 Å². The van der Waals surface area contributed by atoms with Crippen molar-refractivity contribution in [3.63, 3.8) is 0 Å². The molecule has 2 aromatic heterocycles. The van der Waals surface area contributed by atoms with Crippen LogP contribution < -0.4 is 0 Å². The van der Waals surface area contributed by atoms with Crippen molar-refractivity contribution in [3.05, 3.63) is 33.8 Å². The molecule has 2 unspecified atom stereocenters. The average molecular weight is 407 g/mol. The number of hydrogen-bond acceptors (Lipinski definition) is 5. The summed E-state index contributed by atoms with van der Waals surface area (Å²) in [6, 6.07) is 0. The molecular formula is C20H20Cl2N2O3. The van der Waals surface area contributed by atoms with Crippen LogP contribution in [0.3, 0.4) is 0 Å². The van der Waals surface area contributed by atoms with Crippen LogP contribution in [0, 0.1) is 11.8 Å². The summed E-state index contributed by atoms with van der Waals surface area (Å²) in [6.45, 7) is 0.401. The summed E-state index contributed by atoms with van der Waals surface area (Å²) >= 11 is 12.7. The van der Waals surface area contributed by atoms with E-state index in [9.17, 15) is 4.79 Å². The first-order valence-electron chi connectivity index (χ1n) is 9.55. The Bertz CT molecular complexity index is 857. The van der Waals surface area contributed by atoms with Crippen molar-refractivity contribution in [3.8, 4) is 11.3 Å². The van der Waals surface area contributed by atoms with E-state index in [2.05, 4.69) is 10.1 Å². The topological polar surface area (TPSA) is 65.2 Å². The fourth-order valence-corrected chi connectivity index (χ4v) is 5.06. The van der Waals surface area contributed by atoms with Gasteiger partial charge in [0.25, 0.3) is 0 Å². The summed E-state index contributed by atoms with van der Waals surface area (Å²) in [7, 11) is 0. The van der Waals surface area contributed by atoms with Gasteiger partial charge in [-0.3, -0.25) is 9.78 Å². The molecule has 0 aliphatic heterocycles. The second-order valence-electron chi connectivity index (χ2n) is 7.90. The third-order valence-electron chi connectivity index (χ3n) is 6.08. The van der Waals surface area contributed by atoms with Crippen molar-refractivity contribution < 1.29 is 14.1 Å². The highest BCUT2D eigenvalue weighted by Crippen LogP contribution is 2.46. The highest BCUT2D eigenvalue weighted by Gasteiger charge is 2.42. The number of ether oxygens (including phenoxy) is 1. The third-order valence-corrected chi connectivity index (χ3v) is 6.66. The maximum atomic E-state index is 12.1. The summed E-state index contributed by atoms with van der Waals surface area (Å²) in [4.78, 5) is 16.1. The van der Waals surface area contributed by atoms with Crippen LogP contribution in [0.15, 0.2) is 16.9 Å². The van der Waals surface area contributed by atoms with Crippen LogP contribution in [0.4, 0.5) is 0 Å². The smallest absolute Gasteiger partial charge is 0.145 e. The van der Waals surface area contributed by atoms with Crippen LogP contribution in [0.5, 0.6) is 0 Å². The van der Waals surface area contributed by atoms with Gasteiger partial charge in [0, 0.05) is 41.3 Å². The largest absolute Gasteiger partial charge is 0.373 e. The van der Waals surface area contributed by atoms with Gasteiger partial charge in [0.15, 0.2) is 0 Å². The number of carbonyl (C=O) groups excluding carboxylic acids is 1. The molecule has 2 aromatic rings. The number of halogens is 2. The zero-order valence-corrected chi connectivity index (χ0v) is 16.3. The van der Waals surface area contributed by atoms with Crippen LogP contribution >= 0.6 is 23.2 Å². The summed E-state index contributed by atoms with van der Waals surface area (Å²) in [5, 5.41) is 5.17. The van der Waals surface area contributed by atoms with Gasteiger partial charge >= 0.3 is 0 Å². The maximum absolute atomic E-state index is 12.1. The number of aromatic nitrogens is 2. The Balaban J connectivity index is 1.42. The van der Waals surface area contributed by atoms with E-state index in [1.165, 1.54) is 0 Å². The molecule has 0 radical (unpaired) electrons. The average Bonchev–Trinajstić information content (AvgIpc) is 3.38. The second-order valence-corrected chi connectivity index (χ2v) is 8.72. The number of Topliss-reactive ketones (excluding diaryl/α,β-unsaturated/α-hetero) is 1. The van der Waals surface area contributed by atoms with E-state index in [0.717, 1.165) is 49.8 Å². The fourth-order valence-electron chi connectivity index (χ4n) is 4.52. The third kappa shape index (κ3) is 3.20. The Hall–Kier alpha value is -1.43. The molecule has 0 saturated heterocycles. The summed E-state index contributed by atoms with van der Waals surface area (Å²) in [5.74, 6) is 2.08. The van der Waals surface area contributed by atoms with Crippen LogP contribution in [0.1, 0.15) is 55.8 Å². The fraction of sp³-hybridized carbons (Fsp3) is 0.550. The van der Waals surface area contributed by atoms with Crippen molar-refractivity contribution in [1.29, 1.82) is 0 Å². The Kier molecular flexibility index (Phi) is 4.49. The minimum Gasteiger partial charge on any atom is -0.373 e. The zero-order valence-electron chi connectivity index (χ0n) is 14.8. The number of nitrogens with zero attached hydrogens (tertiary/aromatic N) is 2. The Morgan fingerprint density at radius 1 is 1.04 bits per heavy atom. The SMILES string of the molecule is O=C1C2CCC1CC(OCc1c(-c3c(Cl)cncc3Cl)noc1C1CC1)C2. The lowest BCUT2D eigenvalue weighted by molar-refractivity contribution is -0.130. The molecule has 3 saturated carbocycles. The molecule has 0 N–H and O–H groups in total. The maximum Gasteiger partial charge on any atom is 0.145 e. The number of ketones is 1. The molecule has 5 nitrogen and oxygen atoms in total. The monoisotopic (exact) mass is 406 g/mol. The second kappa shape index (κ2) is 6.87. The molecular weight excluding hydrogens is 387 g/mol. The van der Waals surface area contributed by atoms with E-state index < -0.39 is 0 Å². The normalized spacial score (nSPS) is 27.3. The van der Waals surface area contributed by atoms with Gasteiger partial charge in [-0.25, -0.2) is 0 Å². The molecule has 0 amide bonds. The van der Waals surface area contributed by atoms with Crippen LogP contribution in [0.2, 0.25) is 10.0 Å². The van der Waals surface area contributed by atoms with E-state index in [-0.39, 0.29) is 17.9 Å². The molecule has 0 spiro atoms. The van der Waals surface area contributed by atoms with Crippen LogP contribution in [-0.2, 0) is 16.1 Å². The molecule has 5 rings (SSSR count). The van der Waals surface area contributed by atoms with Crippen LogP contribution in [-0.4, -0.2) is 22.0 Å². The van der Waals surface area contributed by atoms with E-state index in [4.69, 9.17) is 32.5 Å². The molecule has 3 aliphatic rings. The Labute approximate surface area is 167 Å². The number of hydrogen-bond donors (Lipinski definition) is 0. The molecule has 2 heterocycles. The molecule has 3 aliphatic carbocycles. The quantitative estimate of drug-likeness (QED) is 0.682. The van der Waals surface area contributed by atoms with E-state index in [0.29, 0.717) is 39.6 Å². The minimum absolute atomic E-state index is 0.110. The summed E-state index contributed by atoms with van der Waals surface area (Å²) in [5.41, 5.74) is 2.21. The molecule has 0 aromatic carbocycles. The standard InChI is InChI=1S/C20H20Cl2N2O3/c21-15-7-23-8-16(22)17(15)18-14(20(27-24-18)10-1-2-10)9-26-13-5-11-3-4-12(6-13)19(11)25/h7-8,10-13H,1-6,9H2. The van der Waals surface area contributed by atoms with Gasteiger partial charge in [0.2, 0.25) is 0 Å². The van der Waals surface area contributed by atoms with E-state index in [1.807, 2.05) is 0 Å². The van der Waals surface area contributed by atoms with Crippen molar-refractivity contribution in [2.75, 3.05) is 0 Å². The van der Waals surface area contributed by atoms with Crippen molar-refractivity contribution in [2.45, 2.75) is 57.2 Å². The molecule has 7 heteroatoms. The Morgan fingerprint density at radius 3 is 2.30 bits per heavy atom. The van der Waals surface area contributed by atoms with Crippen molar-refractivity contribution >= 4 is 29.0 Å². The first-order chi connectivity index (χ1) is 13.1. The molecule has 2 atom stereocenters. The van der Waals surface area contributed by atoms with Crippen molar-refractivity contribution in [2.24, 2.45) is 11.8 Å². The number of fused-ring (bicyclic) bond motifs is 2. The first kappa shape index (κ1) is 17.7. The van der Waals surface area contributed by atoms with E-state index >= 15 is 0 Å². The van der Waals surface area contributed by atoms with Gasteiger partial charge in [-0.2, -0.15) is 0 Å². The predicted octanol–water partition coefficient (Wildman–Crippen LogP) is 5.20. The lowest BCUT2D eigenvalue weighted by Crippen LogP contribution is -2.30. The number of rotatable bonds is 5. The lowest BCUT2D eigenvalue weighted by atomic mass is 9.86.